The molecule has 94 valence electrons. The monoisotopic (exact) mass is 235 g/mol. The number of hydrogen-bond donors (Lipinski definition) is 2. The van der Waals surface area contributed by atoms with Gasteiger partial charge in [-0.25, -0.2) is 15.8 Å². The summed E-state index contributed by atoms with van der Waals surface area (Å²) >= 11 is 0. The van der Waals surface area contributed by atoms with Crippen LogP contribution in [0.15, 0.2) is 6.07 Å². The summed E-state index contributed by atoms with van der Waals surface area (Å²) in [7, 11) is 0. The largest absolute Gasteiger partial charge is 0.356 e. The number of nitrogens with zero attached hydrogens (tertiary/aromatic N) is 3. The van der Waals surface area contributed by atoms with Crippen LogP contribution in [-0.2, 0) is 0 Å². The molecule has 17 heavy (non-hydrogen) atoms. The van der Waals surface area contributed by atoms with E-state index in [-0.39, 0.29) is 0 Å². The number of nitrogens with two attached hydrogens (primary N) is 1. The van der Waals surface area contributed by atoms with Gasteiger partial charge in [-0.3, -0.25) is 0 Å². The summed E-state index contributed by atoms with van der Waals surface area (Å²) in [5.41, 5.74) is 2.60. The molecule has 1 aromatic rings. The summed E-state index contributed by atoms with van der Waals surface area (Å²) < 4.78 is 0. The molecule has 0 saturated carbocycles. The van der Waals surface area contributed by atoms with Crippen LogP contribution in [0.25, 0.3) is 0 Å². The molecule has 0 amide bonds. The van der Waals surface area contributed by atoms with Crippen LogP contribution >= 0.6 is 0 Å². The Labute approximate surface area is 102 Å². The van der Waals surface area contributed by atoms with Gasteiger partial charge in [0.1, 0.15) is 17.5 Å². The van der Waals surface area contributed by atoms with E-state index >= 15 is 0 Å². The van der Waals surface area contributed by atoms with Gasteiger partial charge in [0.25, 0.3) is 0 Å². The average Bonchev–Trinajstić information content (AvgIpc) is 2.27. The molecule has 2 rings (SSSR count). The van der Waals surface area contributed by atoms with Crippen LogP contribution in [0.4, 0.5) is 11.6 Å². The van der Waals surface area contributed by atoms with Gasteiger partial charge in [-0.2, -0.15) is 0 Å². The minimum absolute atomic E-state index is 0.689. The predicted molar refractivity (Wildman–Crippen MR) is 69.9 cm³/mol. The van der Waals surface area contributed by atoms with Crippen molar-refractivity contribution in [3.63, 3.8) is 0 Å². The standard InChI is InChI=1S/C12H21N5/c1-10-14-11(16-13)9-12(15-10)17-7-5-3-2-4-6-8-17/h9H,2-8,13H2,1H3,(H,14,15,16). The van der Waals surface area contributed by atoms with E-state index in [0.29, 0.717) is 5.82 Å². The number of nitrogens with one attached hydrogen (secondary N) is 1. The highest BCUT2D eigenvalue weighted by atomic mass is 15.3. The minimum Gasteiger partial charge on any atom is -0.356 e. The average molecular weight is 235 g/mol. The Hall–Kier alpha value is -1.36. The summed E-state index contributed by atoms with van der Waals surface area (Å²) in [5, 5.41) is 0. The zero-order chi connectivity index (χ0) is 12.1. The van der Waals surface area contributed by atoms with Gasteiger partial charge in [0.05, 0.1) is 0 Å². The third-order valence-corrected chi connectivity index (χ3v) is 3.15. The lowest BCUT2D eigenvalue weighted by molar-refractivity contribution is 0.553. The van der Waals surface area contributed by atoms with Crippen molar-refractivity contribution in [1.82, 2.24) is 9.97 Å². The van der Waals surface area contributed by atoms with E-state index in [1.807, 2.05) is 13.0 Å². The fourth-order valence-electron chi connectivity index (χ4n) is 2.26. The molecule has 5 heteroatoms. The van der Waals surface area contributed by atoms with Gasteiger partial charge in [0.2, 0.25) is 0 Å². The van der Waals surface area contributed by atoms with Crippen molar-refractivity contribution in [3.8, 4) is 0 Å². The van der Waals surface area contributed by atoms with Crippen molar-refractivity contribution in [2.75, 3.05) is 23.4 Å². The highest BCUT2D eigenvalue weighted by molar-refractivity contribution is 5.48. The lowest BCUT2D eigenvalue weighted by atomic mass is 10.1. The van der Waals surface area contributed by atoms with Gasteiger partial charge in [0.15, 0.2) is 0 Å². The molecule has 3 N–H and O–H groups in total. The highest BCUT2D eigenvalue weighted by Crippen LogP contribution is 2.19. The first-order chi connectivity index (χ1) is 8.29. The summed E-state index contributed by atoms with van der Waals surface area (Å²) in [6, 6.07) is 1.93. The van der Waals surface area contributed by atoms with Gasteiger partial charge in [-0.05, 0) is 19.8 Å². The fourth-order valence-corrected chi connectivity index (χ4v) is 2.26. The number of aromatic nitrogens is 2. The Morgan fingerprint density at radius 3 is 2.41 bits per heavy atom. The molecule has 1 aromatic heterocycles. The summed E-state index contributed by atoms with van der Waals surface area (Å²) in [6.45, 7) is 4.06. The molecule has 0 unspecified atom stereocenters. The van der Waals surface area contributed by atoms with Gasteiger partial charge in [-0.1, -0.05) is 19.3 Å². The van der Waals surface area contributed by atoms with Gasteiger partial charge in [0, 0.05) is 19.2 Å². The number of anilines is 2. The lowest BCUT2D eigenvalue weighted by Gasteiger charge is -2.26. The molecule has 0 spiro atoms. The molecule has 0 atom stereocenters. The molecule has 2 heterocycles. The molecule has 1 fully saturated rings. The first-order valence-electron chi connectivity index (χ1n) is 6.37. The second-order valence-corrected chi connectivity index (χ2v) is 4.56. The van der Waals surface area contributed by atoms with Crippen LogP contribution in [0.5, 0.6) is 0 Å². The normalized spacial score (nSPS) is 17.4. The SMILES string of the molecule is Cc1nc(NN)cc(N2CCCCCCC2)n1. The second-order valence-electron chi connectivity index (χ2n) is 4.56. The predicted octanol–water partition coefficient (Wildman–Crippen LogP) is 1.84. The van der Waals surface area contributed by atoms with Gasteiger partial charge >= 0.3 is 0 Å². The number of rotatable bonds is 2. The van der Waals surface area contributed by atoms with Crippen LogP contribution in [0, 0.1) is 6.92 Å². The number of nitrogen functional groups attached to an aromatic ring is 1. The van der Waals surface area contributed by atoms with Gasteiger partial charge in [-0.15, -0.1) is 0 Å². The van der Waals surface area contributed by atoms with Crippen LogP contribution in [0.1, 0.15) is 37.9 Å². The Morgan fingerprint density at radius 1 is 1.12 bits per heavy atom. The first-order valence-corrected chi connectivity index (χ1v) is 6.37. The van der Waals surface area contributed by atoms with Crippen molar-refractivity contribution in [3.05, 3.63) is 11.9 Å². The molecule has 1 saturated heterocycles. The quantitative estimate of drug-likeness (QED) is 0.605. The Morgan fingerprint density at radius 2 is 1.76 bits per heavy atom. The number of aryl methyl sites for hydroxylation is 1. The second kappa shape index (κ2) is 5.82. The van der Waals surface area contributed by atoms with Crippen molar-refractivity contribution in [2.45, 2.75) is 39.0 Å². The summed E-state index contributed by atoms with van der Waals surface area (Å²) in [6.07, 6.45) is 6.50. The van der Waals surface area contributed by atoms with E-state index < -0.39 is 0 Å². The van der Waals surface area contributed by atoms with Crippen molar-refractivity contribution >= 4 is 11.6 Å². The van der Waals surface area contributed by atoms with Crippen LogP contribution in [0.2, 0.25) is 0 Å². The molecule has 1 aliphatic heterocycles. The summed E-state index contributed by atoms with van der Waals surface area (Å²) in [4.78, 5) is 11.1. The Balaban J connectivity index is 2.15. The first kappa shape index (κ1) is 12.1. The maximum Gasteiger partial charge on any atom is 0.145 e. The van der Waals surface area contributed by atoms with Crippen molar-refractivity contribution < 1.29 is 0 Å². The van der Waals surface area contributed by atoms with Crippen LogP contribution in [0.3, 0.4) is 0 Å². The van der Waals surface area contributed by atoms with E-state index in [1.165, 1.54) is 32.1 Å². The zero-order valence-corrected chi connectivity index (χ0v) is 10.4. The third-order valence-electron chi connectivity index (χ3n) is 3.15. The molecule has 5 nitrogen and oxygen atoms in total. The van der Waals surface area contributed by atoms with E-state index in [2.05, 4.69) is 20.3 Å². The third kappa shape index (κ3) is 3.30. The van der Waals surface area contributed by atoms with Crippen molar-refractivity contribution in [2.24, 2.45) is 5.84 Å². The molecule has 0 aromatic carbocycles. The lowest BCUT2D eigenvalue weighted by Crippen LogP contribution is -2.28. The van der Waals surface area contributed by atoms with Gasteiger partial charge < -0.3 is 10.3 Å². The summed E-state index contributed by atoms with van der Waals surface area (Å²) in [5.74, 6) is 7.86. The molecule has 0 radical (unpaired) electrons. The highest BCUT2D eigenvalue weighted by Gasteiger charge is 2.11. The molecular weight excluding hydrogens is 214 g/mol. The van der Waals surface area contributed by atoms with E-state index in [9.17, 15) is 0 Å². The number of hydrogen-bond acceptors (Lipinski definition) is 5. The van der Waals surface area contributed by atoms with Crippen LogP contribution < -0.4 is 16.2 Å². The molecular formula is C12H21N5. The Bertz CT molecular complexity index is 358. The number of hydrazine groups is 1. The maximum atomic E-state index is 5.41. The van der Waals surface area contributed by atoms with E-state index in [4.69, 9.17) is 5.84 Å². The van der Waals surface area contributed by atoms with Crippen molar-refractivity contribution in [1.29, 1.82) is 0 Å². The molecule has 0 aliphatic carbocycles. The molecule has 1 aliphatic rings. The zero-order valence-electron chi connectivity index (χ0n) is 10.4. The smallest absolute Gasteiger partial charge is 0.145 e. The Kier molecular flexibility index (Phi) is 4.14. The van der Waals surface area contributed by atoms with Crippen LogP contribution in [-0.4, -0.2) is 23.1 Å². The maximum absolute atomic E-state index is 5.41. The molecule has 0 bridgehead atoms. The fraction of sp³-hybridized carbons (Fsp3) is 0.667. The topological polar surface area (TPSA) is 67.1 Å². The minimum atomic E-state index is 0.689. The van der Waals surface area contributed by atoms with E-state index in [0.717, 1.165) is 24.7 Å². The van der Waals surface area contributed by atoms with E-state index in [1.54, 1.807) is 0 Å².